The highest BCUT2D eigenvalue weighted by molar-refractivity contribution is 6.02. The van der Waals surface area contributed by atoms with E-state index in [0.717, 1.165) is 42.5 Å². The van der Waals surface area contributed by atoms with Crippen molar-refractivity contribution >= 4 is 11.3 Å². The van der Waals surface area contributed by atoms with E-state index in [4.69, 9.17) is 4.74 Å². The van der Waals surface area contributed by atoms with Crippen LogP contribution in [0.1, 0.15) is 68.8 Å². The topological polar surface area (TPSA) is 43.6 Å². The molecule has 0 bridgehead atoms. The lowest BCUT2D eigenvalue weighted by Gasteiger charge is -2.36. The van der Waals surface area contributed by atoms with Crippen LogP contribution in [0.15, 0.2) is 54.9 Å². The maximum atomic E-state index is 12.6. The molecule has 1 aliphatic carbocycles. The van der Waals surface area contributed by atoms with Crippen LogP contribution in [-0.2, 0) is 5.41 Å². The minimum absolute atomic E-state index is 0.0816. The summed E-state index contributed by atoms with van der Waals surface area (Å²) in [6.07, 6.45) is 8.65. The number of fused-ring (bicyclic) bond motifs is 1. The lowest BCUT2D eigenvalue weighted by atomic mass is 9.78. The predicted octanol–water partition coefficient (Wildman–Crippen LogP) is 5.84. The van der Waals surface area contributed by atoms with E-state index in [1.807, 2.05) is 30.5 Å². The summed E-state index contributed by atoms with van der Waals surface area (Å²) >= 11 is 0. The number of nitrogens with zero attached hydrogens (tertiary/aromatic N) is 2. The Morgan fingerprint density at radius 1 is 1.14 bits per heavy atom. The molecule has 0 unspecified atom stereocenters. The van der Waals surface area contributed by atoms with Gasteiger partial charge in [-0.05, 0) is 60.8 Å². The molecule has 29 heavy (non-hydrogen) atoms. The van der Waals surface area contributed by atoms with Gasteiger partial charge in [-0.25, -0.2) is 4.52 Å². The van der Waals surface area contributed by atoms with E-state index in [9.17, 15) is 4.79 Å². The molecular weight excluding hydrogens is 360 g/mol. The lowest BCUT2D eigenvalue weighted by molar-refractivity contribution is 0.0575. The van der Waals surface area contributed by atoms with E-state index >= 15 is 0 Å². The monoisotopic (exact) mass is 390 g/mol. The molecule has 2 heterocycles. The summed E-state index contributed by atoms with van der Waals surface area (Å²) in [5.74, 6) is 1.88. The Morgan fingerprint density at radius 2 is 1.90 bits per heavy atom. The average Bonchev–Trinajstić information content (AvgIpc) is 3.09. The normalized spacial score (nSPS) is 19.1. The molecule has 0 radical (unpaired) electrons. The molecule has 2 aromatic heterocycles. The van der Waals surface area contributed by atoms with Crippen LogP contribution >= 0.6 is 0 Å². The number of carbonyl (C=O) groups is 1. The largest absolute Gasteiger partial charge is 0.490 e. The average molecular weight is 391 g/mol. The van der Waals surface area contributed by atoms with Crippen molar-refractivity contribution in [3.8, 4) is 5.75 Å². The molecule has 1 aliphatic rings. The van der Waals surface area contributed by atoms with Crippen LogP contribution in [0.3, 0.4) is 0 Å². The van der Waals surface area contributed by atoms with E-state index < -0.39 is 0 Å². The van der Waals surface area contributed by atoms with Crippen molar-refractivity contribution in [1.29, 1.82) is 0 Å². The first-order chi connectivity index (χ1) is 13.9. The number of benzene rings is 1. The molecule has 3 aromatic rings. The number of ether oxygens (including phenoxy) is 1. The molecule has 0 spiro atoms. The SMILES string of the molecule is CC(C)(C)c1ccccc1OC1CC(CCCC(=O)c2cnn3ccccc23)C1. The van der Waals surface area contributed by atoms with Gasteiger partial charge in [0.05, 0.1) is 23.4 Å². The van der Waals surface area contributed by atoms with Crippen molar-refractivity contribution in [2.24, 2.45) is 5.92 Å². The van der Waals surface area contributed by atoms with Gasteiger partial charge in [0.1, 0.15) is 5.75 Å². The smallest absolute Gasteiger partial charge is 0.166 e. The fraction of sp³-hybridized carbons (Fsp3) is 0.440. The fourth-order valence-electron chi connectivity index (χ4n) is 4.21. The van der Waals surface area contributed by atoms with Crippen LogP contribution in [0.25, 0.3) is 5.52 Å². The van der Waals surface area contributed by atoms with Crippen LogP contribution in [-0.4, -0.2) is 21.5 Å². The molecule has 0 N–H and O–H groups in total. The number of pyridine rings is 1. The van der Waals surface area contributed by atoms with Gasteiger partial charge in [-0.1, -0.05) is 45.0 Å². The van der Waals surface area contributed by atoms with Gasteiger partial charge in [0, 0.05) is 12.6 Å². The van der Waals surface area contributed by atoms with Gasteiger partial charge in [0.2, 0.25) is 0 Å². The number of aromatic nitrogens is 2. The van der Waals surface area contributed by atoms with Gasteiger partial charge >= 0.3 is 0 Å². The number of ketones is 1. The van der Waals surface area contributed by atoms with Crippen molar-refractivity contribution in [2.45, 2.75) is 64.4 Å². The maximum absolute atomic E-state index is 12.6. The number of hydrogen-bond acceptors (Lipinski definition) is 3. The molecule has 4 heteroatoms. The maximum Gasteiger partial charge on any atom is 0.166 e. The Labute approximate surface area is 172 Å². The van der Waals surface area contributed by atoms with Crippen molar-refractivity contribution in [3.63, 3.8) is 0 Å². The van der Waals surface area contributed by atoms with Crippen LogP contribution in [0.5, 0.6) is 5.75 Å². The molecule has 4 nitrogen and oxygen atoms in total. The van der Waals surface area contributed by atoms with Gasteiger partial charge in [-0.3, -0.25) is 4.79 Å². The Balaban J connectivity index is 1.23. The first-order valence-corrected chi connectivity index (χ1v) is 10.6. The first-order valence-electron chi connectivity index (χ1n) is 10.6. The van der Waals surface area contributed by atoms with E-state index in [0.29, 0.717) is 18.4 Å². The molecule has 1 fully saturated rings. The standard InChI is InChI=1S/C25H30N2O2/c1-25(2,3)21-10-4-5-13-24(21)29-19-15-18(16-19)9-8-12-23(28)20-17-26-27-14-7-6-11-22(20)27/h4-7,10-11,13-14,17-19H,8-9,12,15-16H2,1-3H3. The number of hydrogen-bond donors (Lipinski definition) is 0. The van der Waals surface area contributed by atoms with Gasteiger partial charge in [0.15, 0.2) is 5.78 Å². The minimum atomic E-state index is 0.0816. The van der Waals surface area contributed by atoms with Crippen molar-refractivity contribution in [3.05, 3.63) is 66.0 Å². The van der Waals surface area contributed by atoms with E-state index in [1.54, 1.807) is 10.7 Å². The molecule has 0 atom stereocenters. The first kappa shape index (κ1) is 19.7. The van der Waals surface area contributed by atoms with Crippen LogP contribution in [0.4, 0.5) is 0 Å². The van der Waals surface area contributed by atoms with Gasteiger partial charge in [0.25, 0.3) is 0 Å². The van der Waals surface area contributed by atoms with Crippen molar-refractivity contribution in [2.75, 3.05) is 0 Å². The fourth-order valence-corrected chi connectivity index (χ4v) is 4.21. The second kappa shape index (κ2) is 8.02. The third-order valence-electron chi connectivity index (χ3n) is 5.92. The van der Waals surface area contributed by atoms with Gasteiger partial charge in [-0.2, -0.15) is 5.10 Å². The number of Topliss-reactive ketones (excluding diaryl/α,β-unsaturated/α-hetero) is 1. The summed E-state index contributed by atoms with van der Waals surface area (Å²) in [5, 5.41) is 4.26. The molecule has 1 aromatic carbocycles. The summed E-state index contributed by atoms with van der Waals surface area (Å²) in [5.41, 5.74) is 2.98. The Hall–Kier alpha value is -2.62. The minimum Gasteiger partial charge on any atom is -0.490 e. The molecular formula is C25H30N2O2. The third-order valence-corrected chi connectivity index (χ3v) is 5.92. The summed E-state index contributed by atoms with van der Waals surface area (Å²) in [6, 6.07) is 14.2. The van der Waals surface area contributed by atoms with E-state index in [2.05, 4.69) is 44.1 Å². The molecule has 4 rings (SSSR count). The van der Waals surface area contributed by atoms with Crippen LogP contribution in [0, 0.1) is 5.92 Å². The predicted molar refractivity (Wildman–Crippen MR) is 116 cm³/mol. The van der Waals surface area contributed by atoms with Crippen LogP contribution in [0.2, 0.25) is 0 Å². The molecule has 0 saturated heterocycles. The third kappa shape index (κ3) is 4.36. The quantitative estimate of drug-likeness (QED) is 0.476. The van der Waals surface area contributed by atoms with E-state index in [1.165, 1.54) is 5.56 Å². The van der Waals surface area contributed by atoms with Crippen molar-refractivity contribution in [1.82, 2.24) is 9.61 Å². The number of para-hydroxylation sites is 1. The molecule has 0 amide bonds. The Bertz CT molecular complexity index is 993. The molecule has 0 aliphatic heterocycles. The Kier molecular flexibility index (Phi) is 5.44. The zero-order valence-corrected chi connectivity index (χ0v) is 17.6. The highest BCUT2D eigenvalue weighted by Gasteiger charge is 2.31. The molecule has 152 valence electrons. The summed E-state index contributed by atoms with van der Waals surface area (Å²) in [6.45, 7) is 6.67. The second-order valence-corrected chi connectivity index (χ2v) is 9.23. The summed E-state index contributed by atoms with van der Waals surface area (Å²) in [4.78, 5) is 12.6. The Morgan fingerprint density at radius 3 is 2.69 bits per heavy atom. The van der Waals surface area contributed by atoms with Gasteiger partial charge in [-0.15, -0.1) is 0 Å². The molecule has 1 saturated carbocycles. The highest BCUT2D eigenvalue weighted by atomic mass is 16.5. The number of carbonyl (C=O) groups excluding carboxylic acids is 1. The van der Waals surface area contributed by atoms with Gasteiger partial charge < -0.3 is 4.74 Å². The summed E-state index contributed by atoms with van der Waals surface area (Å²) < 4.78 is 8.06. The second-order valence-electron chi connectivity index (χ2n) is 9.23. The summed E-state index contributed by atoms with van der Waals surface area (Å²) in [7, 11) is 0. The zero-order chi connectivity index (χ0) is 20.4. The highest BCUT2D eigenvalue weighted by Crippen LogP contribution is 2.38. The lowest BCUT2D eigenvalue weighted by Crippen LogP contribution is -2.34. The van der Waals surface area contributed by atoms with Crippen LogP contribution < -0.4 is 4.74 Å². The zero-order valence-electron chi connectivity index (χ0n) is 17.6. The number of rotatable bonds is 7. The van der Waals surface area contributed by atoms with E-state index in [-0.39, 0.29) is 11.2 Å². The van der Waals surface area contributed by atoms with Crippen molar-refractivity contribution < 1.29 is 9.53 Å².